The van der Waals surface area contributed by atoms with Gasteiger partial charge in [-0.2, -0.15) is 0 Å². The van der Waals surface area contributed by atoms with Gasteiger partial charge in [0.25, 0.3) is 0 Å². The Bertz CT molecular complexity index is 388. The molecule has 1 N–H and O–H groups in total. The summed E-state index contributed by atoms with van der Waals surface area (Å²) in [7, 11) is 0. The van der Waals surface area contributed by atoms with Crippen molar-refractivity contribution < 1.29 is 14.3 Å². The van der Waals surface area contributed by atoms with Crippen molar-refractivity contribution in [3.8, 4) is 0 Å². The lowest BCUT2D eigenvalue weighted by Crippen LogP contribution is -2.41. The van der Waals surface area contributed by atoms with Crippen LogP contribution >= 0.6 is 0 Å². The first-order valence-electron chi connectivity index (χ1n) is 6.86. The van der Waals surface area contributed by atoms with E-state index in [2.05, 4.69) is 5.32 Å². The van der Waals surface area contributed by atoms with E-state index in [4.69, 9.17) is 9.47 Å². The second-order valence-corrected chi connectivity index (χ2v) is 4.65. The molecule has 1 heterocycles. The zero-order valence-electron chi connectivity index (χ0n) is 11.3. The van der Waals surface area contributed by atoms with Crippen LogP contribution < -0.4 is 5.32 Å². The van der Waals surface area contributed by atoms with Gasteiger partial charge in [0.2, 0.25) is 0 Å². The highest BCUT2D eigenvalue weighted by Gasteiger charge is 2.25. The van der Waals surface area contributed by atoms with Crippen LogP contribution in [-0.4, -0.2) is 31.8 Å². The van der Waals surface area contributed by atoms with Crippen molar-refractivity contribution in [2.45, 2.75) is 31.8 Å². The molecule has 1 aromatic rings. The molecular formula is C15H21NO3. The Labute approximate surface area is 114 Å². The number of hydrogen-bond donors (Lipinski definition) is 1. The highest BCUT2D eigenvalue weighted by Crippen LogP contribution is 2.18. The minimum atomic E-state index is -0.385. The predicted octanol–water partition coefficient (Wildman–Crippen LogP) is 2.06. The van der Waals surface area contributed by atoms with E-state index in [1.165, 1.54) is 0 Å². The maximum Gasteiger partial charge on any atom is 0.327 e. The first-order chi connectivity index (χ1) is 9.31. The summed E-state index contributed by atoms with van der Waals surface area (Å²) >= 11 is 0. The lowest BCUT2D eigenvalue weighted by Gasteiger charge is -2.27. The number of ether oxygens (including phenoxy) is 2. The summed E-state index contributed by atoms with van der Waals surface area (Å²) in [6.07, 6.45) is 1.87. The number of hydrogen-bond acceptors (Lipinski definition) is 4. The number of carbonyl (C=O) groups is 1. The van der Waals surface area contributed by atoms with Crippen LogP contribution in [0.5, 0.6) is 0 Å². The van der Waals surface area contributed by atoms with E-state index in [0.717, 1.165) is 31.6 Å². The van der Waals surface area contributed by atoms with Crippen LogP contribution in [0.3, 0.4) is 0 Å². The highest BCUT2D eigenvalue weighted by molar-refractivity contribution is 5.77. The molecule has 1 aliphatic rings. The summed E-state index contributed by atoms with van der Waals surface area (Å²) < 4.78 is 10.5. The van der Waals surface area contributed by atoms with Crippen LogP contribution in [0.15, 0.2) is 30.3 Å². The van der Waals surface area contributed by atoms with Gasteiger partial charge in [-0.3, -0.25) is 5.32 Å². The van der Waals surface area contributed by atoms with Gasteiger partial charge in [0.15, 0.2) is 0 Å². The van der Waals surface area contributed by atoms with E-state index < -0.39 is 0 Å². The third-order valence-corrected chi connectivity index (χ3v) is 3.28. The Hall–Kier alpha value is -1.39. The van der Waals surface area contributed by atoms with E-state index in [-0.39, 0.29) is 12.0 Å². The summed E-state index contributed by atoms with van der Waals surface area (Å²) in [5.74, 6) is -0.208. The molecule has 0 aliphatic carbocycles. The molecule has 2 rings (SSSR count). The minimum absolute atomic E-state index is 0.208. The van der Waals surface area contributed by atoms with Crippen LogP contribution in [0.2, 0.25) is 0 Å². The maximum absolute atomic E-state index is 12.1. The minimum Gasteiger partial charge on any atom is -0.465 e. The molecule has 0 spiro atoms. The van der Waals surface area contributed by atoms with Crippen LogP contribution in [-0.2, 0) is 14.3 Å². The Kier molecular flexibility index (Phi) is 5.36. The maximum atomic E-state index is 12.1. The van der Waals surface area contributed by atoms with Crippen molar-refractivity contribution in [3.63, 3.8) is 0 Å². The Balaban J connectivity index is 2.07. The van der Waals surface area contributed by atoms with Crippen LogP contribution in [0, 0.1) is 0 Å². The van der Waals surface area contributed by atoms with Crippen molar-refractivity contribution in [1.82, 2.24) is 5.32 Å². The number of rotatable bonds is 5. The molecule has 1 unspecified atom stereocenters. The second-order valence-electron chi connectivity index (χ2n) is 4.65. The molecule has 1 fully saturated rings. The van der Waals surface area contributed by atoms with Gasteiger partial charge in [-0.1, -0.05) is 30.3 Å². The fraction of sp³-hybridized carbons (Fsp3) is 0.533. The molecule has 0 bridgehead atoms. The van der Waals surface area contributed by atoms with Crippen molar-refractivity contribution >= 4 is 5.97 Å². The standard InChI is InChI=1S/C15H21NO3/c1-2-19-15(17)14(12-6-4-3-5-7-12)16-13-8-10-18-11-9-13/h3-7,13-14,16H,2,8-11H2,1H3. The number of esters is 1. The third-order valence-electron chi connectivity index (χ3n) is 3.28. The zero-order chi connectivity index (χ0) is 13.5. The molecule has 1 aromatic carbocycles. The number of nitrogens with one attached hydrogen (secondary N) is 1. The Morgan fingerprint density at radius 1 is 1.37 bits per heavy atom. The van der Waals surface area contributed by atoms with E-state index in [1.54, 1.807) is 0 Å². The monoisotopic (exact) mass is 263 g/mol. The van der Waals surface area contributed by atoms with Gasteiger partial charge in [-0.05, 0) is 25.3 Å². The molecular weight excluding hydrogens is 242 g/mol. The van der Waals surface area contributed by atoms with Gasteiger partial charge in [0.1, 0.15) is 6.04 Å². The summed E-state index contributed by atoms with van der Waals surface area (Å²) in [5.41, 5.74) is 0.951. The fourth-order valence-electron chi connectivity index (χ4n) is 2.27. The van der Waals surface area contributed by atoms with Gasteiger partial charge in [0, 0.05) is 19.3 Å². The van der Waals surface area contributed by atoms with E-state index in [0.29, 0.717) is 12.6 Å². The molecule has 1 aliphatic heterocycles. The molecule has 1 atom stereocenters. The van der Waals surface area contributed by atoms with Gasteiger partial charge in [-0.15, -0.1) is 0 Å². The summed E-state index contributed by atoms with van der Waals surface area (Å²) in [6.45, 7) is 3.73. The number of carbonyl (C=O) groups excluding carboxylic acids is 1. The van der Waals surface area contributed by atoms with Crippen molar-refractivity contribution in [1.29, 1.82) is 0 Å². The first-order valence-corrected chi connectivity index (χ1v) is 6.86. The number of benzene rings is 1. The first kappa shape index (κ1) is 14.0. The zero-order valence-corrected chi connectivity index (χ0v) is 11.3. The molecule has 0 radical (unpaired) electrons. The molecule has 0 aromatic heterocycles. The van der Waals surface area contributed by atoms with Gasteiger partial charge in [0.05, 0.1) is 6.61 Å². The van der Waals surface area contributed by atoms with Crippen LogP contribution in [0.1, 0.15) is 31.4 Å². The highest BCUT2D eigenvalue weighted by atomic mass is 16.5. The van der Waals surface area contributed by atoms with Gasteiger partial charge < -0.3 is 9.47 Å². The summed E-state index contributed by atoms with van der Waals surface area (Å²) in [4.78, 5) is 12.1. The lowest BCUT2D eigenvalue weighted by molar-refractivity contribution is -0.146. The third kappa shape index (κ3) is 4.04. The lowest BCUT2D eigenvalue weighted by atomic mass is 10.0. The fourth-order valence-corrected chi connectivity index (χ4v) is 2.27. The van der Waals surface area contributed by atoms with E-state index >= 15 is 0 Å². The summed E-state index contributed by atoms with van der Waals surface area (Å²) in [6, 6.07) is 9.65. The van der Waals surface area contributed by atoms with Gasteiger partial charge in [-0.25, -0.2) is 4.79 Å². The average molecular weight is 263 g/mol. The quantitative estimate of drug-likeness (QED) is 0.826. The Morgan fingerprint density at radius 3 is 2.68 bits per heavy atom. The molecule has 0 saturated carbocycles. The largest absolute Gasteiger partial charge is 0.465 e. The van der Waals surface area contributed by atoms with Crippen molar-refractivity contribution in [2.24, 2.45) is 0 Å². The van der Waals surface area contributed by atoms with Crippen LogP contribution in [0.25, 0.3) is 0 Å². The van der Waals surface area contributed by atoms with Crippen molar-refractivity contribution in [3.05, 3.63) is 35.9 Å². The Morgan fingerprint density at radius 2 is 2.05 bits per heavy atom. The normalized spacial score (nSPS) is 17.9. The van der Waals surface area contributed by atoms with E-state index in [1.807, 2.05) is 37.3 Å². The molecule has 4 heteroatoms. The predicted molar refractivity (Wildman–Crippen MR) is 72.8 cm³/mol. The van der Waals surface area contributed by atoms with Crippen molar-refractivity contribution in [2.75, 3.05) is 19.8 Å². The molecule has 4 nitrogen and oxygen atoms in total. The molecule has 0 amide bonds. The second kappa shape index (κ2) is 7.26. The average Bonchev–Trinajstić information content (AvgIpc) is 2.47. The summed E-state index contributed by atoms with van der Waals surface area (Å²) in [5, 5.41) is 3.40. The molecule has 19 heavy (non-hydrogen) atoms. The SMILES string of the molecule is CCOC(=O)C(NC1CCOCC1)c1ccccc1. The smallest absolute Gasteiger partial charge is 0.327 e. The molecule has 104 valence electrons. The van der Waals surface area contributed by atoms with Crippen LogP contribution in [0.4, 0.5) is 0 Å². The molecule has 1 saturated heterocycles. The van der Waals surface area contributed by atoms with E-state index in [9.17, 15) is 4.79 Å². The topological polar surface area (TPSA) is 47.6 Å². The van der Waals surface area contributed by atoms with Gasteiger partial charge >= 0.3 is 5.97 Å².